The largest absolute Gasteiger partial charge is 0.337 e. The summed E-state index contributed by atoms with van der Waals surface area (Å²) in [6.07, 6.45) is 2.68. The molecule has 1 aliphatic rings. The maximum atomic E-state index is 14.3. The average Bonchev–Trinajstić information content (AvgIpc) is 3.21. The van der Waals surface area contributed by atoms with Crippen molar-refractivity contribution >= 4 is 45.9 Å². The SMILES string of the molecule is C=CC(=O)N1CCN(c2ccc3ncnc(Nc4cccc(Cl)c4F)c3n2)C1. The van der Waals surface area contributed by atoms with Gasteiger partial charge < -0.3 is 15.1 Å². The number of pyridine rings is 1. The van der Waals surface area contributed by atoms with Crippen molar-refractivity contribution in [2.45, 2.75) is 0 Å². The highest BCUT2D eigenvalue weighted by Gasteiger charge is 2.24. The van der Waals surface area contributed by atoms with Crippen LogP contribution in [0.25, 0.3) is 11.0 Å². The van der Waals surface area contributed by atoms with Crippen LogP contribution in [0.4, 0.5) is 21.7 Å². The molecule has 4 rings (SSSR count). The van der Waals surface area contributed by atoms with Gasteiger partial charge in [-0.05, 0) is 30.3 Å². The highest BCUT2D eigenvalue weighted by molar-refractivity contribution is 6.31. The van der Waals surface area contributed by atoms with Crippen LogP contribution in [0.15, 0.2) is 49.3 Å². The summed E-state index contributed by atoms with van der Waals surface area (Å²) < 4.78 is 14.3. The van der Waals surface area contributed by atoms with E-state index in [0.29, 0.717) is 42.4 Å². The normalized spacial score (nSPS) is 13.8. The fraction of sp³-hybridized carbons (Fsp3) is 0.158. The Kier molecular flexibility index (Phi) is 4.79. The van der Waals surface area contributed by atoms with Gasteiger partial charge in [-0.15, -0.1) is 0 Å². The van der Waals surface area contributed by atoms with Gasteiger partial charge in [0.2, 0.25) is 5.91 Å². The van der Waals surface area contributed by atoms with E-state index < -0.39 is 5.82 Å². The van der Waals surface area contributed by atoms with Crippen LogP contribution in [-0.2, 0) is 4.79 Å². The maximum absolute atomic E-state index is 14.3. The smallest absolute Gasteiger partial charge is 0.247 e. The van der Waals surface area contributed by atoms with Gasteiger partial charge in [0.05, 0.1) is 22.9 Å². The Morgan fingerprint density at radius 2 is 2.11 bits per heavy atom. The molecule has 1 amide bonds. The van der Waals surface area contributed by atoms with Crippen LogP contribution >= 0.6 is 11.6 Å². The Hall–Kier alpha value is -3.26. The van der Waals surface area contributed by atoms with Crippen LogP contribution in [0.3, 0.4) is 0 Å². The zero-order valence-corrected chi connectivity index (χ0v) is 15.5. The minimum atomic E-state index is -0.565. The second kappa shape index (κ2) is 7.40. The molecule has 1 fully saturated rings. The summed E-state index contributed by atoms with van der Waals surface area (Å²) in [4.78, 5) is 28.5. The first-order valence-corrected chi connectivity index (χ1v) is 8.93. The number of hydrogen-bond acceptors (Lipinski definition) is 6. The summed E-state index contributed by atoms with van der Waals surface area (Å²) >= 11 is 5.85. The number of nitrogens with zero attached hydrogens (tertiary/aromatic N) is 5. The number of benzene rings is 1. The summed E-state index contributed by atoms with van der Waals surface area (Å²) in [5.74, 6) is 0.359. The molecule has 0 atom stereocenters. The lowest BCUT2D eigenvalue weighted by Crippen LogP contribution is -2.29. The van der Waals surface area contributed by atoms with E-state index in [9.17, 15) is 9.18 Å². The lowest BCUT2D eigenvalue weighted by Gasteiger charge is -2.19. The predicted octanol–water partition coefficient (Wildman–Crippen LogP) is 3.35. The van der Waals surface area contributed by atoms with Gasteiger partial charge in [0.25, 0.3) is 0 Å². The van der Waals surface area contributed by atoms with Gasteiger partial charge in [-0.25, -0.2) is 19.3 Å². The average molecular weight is 399 g/mol. The molecule has 9 heteroatoms. The number of carbonyl (C=O) groups is 1. The summed E-state index contributed by atoms with van der Waals surface area (Å²) in [5.41, 5.74) is 1.30. The zero-order valence-electron chi connectivity index (χ0n) is 14.8. The number of halogens is 2. The van der Waals surface area contributed by atoms with Crippen molar-refractivity contribution < 1.29 is 9.18 Å². The van der Waals surface area contributed by atoms with Crippen LogP contribution in [-0.4, -0.2) is 45.5 Å². The van der Waals surface area contributed by atoms with Crippen molar-refractivity contribution in [1.29, 1.82) is 0 Å². The monoisotopic (exact) mass is 398 g/mol. The summed E-state index contributed by atoms with van der Waals surface area (Å²) in [6.45, 7) is 5.18. The Labute approximate surface area is 165 Å². The van der Waals surface area contributed by atoms with Crippen molar-refractivity contribution in [1.82, 2.24) is 19.9 Å². The highest BCUT2D eigenvalue weighted by Crippen LogP contribution is 2.28. The Morgan fingerprint density at radius 3 is 2.93 bits per heavy atom. The number of nitrogens with one attached hydrogen (secondary N) is 1. The van der Waals surface area contributed by atoms with E-state index in [-0.39, 0.29) is 16.6 Å². The van der Waals surface area contributed by atoms with Crippen LogP contribution in [0.5, 0.6) is 0 Å². The Morgan fingerprint density at radius 1 is 1.25 bits per heavy atom. The molecular formula is C19H16ClFN6O. The first-order chi connectivity index (χ1) is 13.6. The molecule has 0 radical (unpaired) electrons. The number of carbonyl (C=O) groups excluding carboxylic acids is 1. The summed E-state index contributed by atoms with van der Waals surface area (Å²) in [5, 5.41) is 2.96. The van der Waals surface area contributed by atoms with Gasteiger partial charge in [-0.2, -0.15) is 0 Å². The third-order valence-corrected chi connectivity index (χ3v) is 4.76. The van der Waals surface area contributed by atoms with Crippen molar-refractivity contribution in [2.24, 2.45) is 0 Å². The van der Waals surface area contributed by atoms with Gasteiger partial charge in [0, 0.05) is 13.1 Å². The van der Waals surface area contributed by atoms with Crippen LogP contribution in [0.1, 0.15) is 0 Å². The second-order valence-corrected chi connectivity index (χ2v) is 6.60. The predicted molar refractivity (Wildman–Crippen MR) is 106 cm³/mol. The van der Waals surface area contributed by atoms with E-state index in [1.165, 1.54) is 18.5 Å². The standard InChI is InChI=1S/C19H16ClFN6O/c1-2-16(28)27-9-8-26(11-27)15-7-6-14-18(25-15)19(23-10-22-14)24-13-5-3-4-12(20)17(13)21/h2-7,10H,1,8-9,11H2,(H,22,23,24). The molecule has 1 aliphatic heterocycles. The number of anilines is 3. The lowest BCUT2D eigenvalue weighted by molar-refractivity contribution is -0.124. The molecule has 1 saturated heterocycles. The number of fused-ring (bicyclic) bond motifs is 1. The molecule has 0 saturated carbocycles. The third kappa shape index (κ3) is 3.34. The third-order valence-electron chi connectivity index (χ3n) is 4.46. The number of aromatic nitrogens is 3. The molecule has 1 N–H and O–H groups in total. The van der Waals surface area contributed by atoms with Gasteiger partial charge in [0.15, 0.2) is 11.6 Å². The van der Waals surface area contributed by atoms with Crippen LogP contribution < -0.4 is 10.2 Å². The minimum Gasteiger partial charge on any atom is -0.337 e. The van der Waals surface area contributed by atoms with Crippen molar-refractivity contribution in [3.05, 3.63) is 60.2 Å². The molecule has 0 bridgehead atoms. The van der Waals surface area contributed by atoms with Crippen molar-refractivity contribution in [3.8, 4) is 0 Å². The van der Waals surface area contributed by atoms with Gasteiger partial charge in [-0.1, -0.05) is 24.2 Å². The minimum absolute atomic E-state index is 0.0149. The molecule has 0 spiro atoms. The lowest BCUT2D eigenvalue weighted by atomic mass is 10.3. The molecule has 2 aromatic heterocycles. The van der Waals surface area contributed by atoms with Crippen LogP contribution in [0, 0.1) is 5.82 Å². The molecule has 142 valence electrons. The van der Waals surface area contributed by atoms with Crippen molar-refractivity contribution in [2.75, 3.05) is 30.0 Å². The van der Waals surface area contributed by atoms with Crippen LogP contribution in [0.2, 0.25) is 5.02 Å². The topological polar surface area (TPSA) is 74.2 Å². The van der Waals surface area contributed by atoms with Gasteiger partial charge in [0.1, 0.15) is 17.7 Å². The molecule has 28 heavy (non-hydrogen) atoms. The second-order valence-electron chi connectivity index (χ2n) is 6.20. The number of hydrogen-bond donors (Lipinski definition) is 1. The fourth-order valence-corrected chi connectivity index (χ4v) is 3.18. The van der Waals surface area contributed by atoms with E-state index in [0.717, 1.165) is 0 Å². The van der Waals surface area contributed by atoms with E-state index in [2.05, 4.69) is 26.8 Å². The molecule has 0 unspecified atom stereocenters. The van der Waals surface area contributed by atoms with Gasteiger partial charge >= 0.3 is 0 Å². The summed E-state index contributed by atoms with van der Waals surface area (Å²) in [6, 6.07) is 8.33. The Balaban J connectivity index is 1.67. The fourth-order valence-electron chi connectivity index (χ4n) is 3.01. The van der Waals surface area contributed by atoms with E-state index in [1.807, 2.05) is 17.0 Å². The Bertz CT molecular complexity index is 1080. The first kappa shape index (κ1) is 18.1. The molecule has 1 aromatic carbocycles. The molecule has 3 heterocycles. The molecule has 3 aromatic rings. The molecule has 0 aliphatic carbocycles. The van der Waals surface area contributed by atoms with E-state index >= 15 is 0 Å². The van der Waals surface area contributed by atoms with E-state index in [4.69, 9.17) is 11.6 Å². The molecule has 7 nitrogen and oxygen atoms in total. The highest BCUT2D eigenvalue weighted by atomic mass is 35.5. The zero-order chi connectivity index (χ0) is 19.7. The number of rotatable bonds is 4. The quantitative estimate of drug-likeness (QED) is 0.679. The van der Waals surface area contributed by atoms with Gasteiger partial charge in [-0.3, -0.25) is 4.79 Å². The maximum Gasteiger partial charge on any atom is 0.247 e. The number of amides is 1. The van der Waals surface area contributed by atoms with Crippen molar-refractivity contribution in [3.63, 3.8) is 0 Å². The van der Waals surface area contributed by atoms with E-state index in [1.54, 1.807) is 17.0 Å². The molecular weight excluding hydrogens is 383 g/mol. The summed E-state index contributed by atoms with van der Waals surface area (Å²) in [7, 11) is 0. The first-order valence-electron chi connectivity index (χ1n) is 8.56.